The maximum Gasteiger partial charge on any atom is 0.0413 e. The highest BCUT2D eigenvalue weighted by Crippen LogP contribution is 2.26. The Morgan fingerprint density at radius 1 is 1.11 bits per heavy atom. The summed E-state index contributed by atoms with van der Waals surface area (Å²) in [5.74, 6) is 0.286. The summed E-state index contributed by atoms with van der Waals surface area (Å²) < 4.78 is 2.11. The fraction of sp³-hybridized carbons (Fsp3) is 0.214. The normalized spacial score (nSPS) is 12.4. The molecule has 0 saturated carbocycles. The number of pyridine rings is 1. The minimum atomic E-state index is 0.286. The van der Waals surface area contributed by atoms with Gasteiger partial charge in [-0.25, -0.2) is 0 Å². The standard InChI is InChI=1S/C14H14Br2N2/c15-11-5-6-12(18-9-11)7-10(8-17)13-3-1-2-4-14(13)16/h1-6,9-10H,7-8,17H2. The molecular formula is C14H14Br2N2. The molecule has 0 amide bonds. The van der Waals surface area contributed by atoms with Crippen molar-refractivity contribution in [3.8, 4) is 0 Å². The van der Waals surface area contributed by atoms with Crippen molar-refractivity contribution in [1.29, 1.82) is 0 Å². The van der Waals surface area contributed by atoms with Gasteiger partial charge in [0.15, 0.2) is 0 Å². The number of nitrogens with zero attached hydrogens (tertiary/aromatic N) is 1. The van der Waals surface area contributed by atoms with E-state index in [9.17, 15) is 0 Å². The zero-order valence-corrected chi connectivity index (χ0v) is 13.0. The van der Waals surface area contributed by atoms with E-state index in [1.807, 2.05) is 36.5 Å². The lowest BCUT2D eigenvalue weighted by Crippen LogP contribution is -2.16. The summed E-state index contributed by atoms with van der Waals surface area (Å²) in [6.07, 6.45) is 2.68. The second-order valence-corrected chi connectivity index (χ2v) is 5.90. The maximum atomic E-state index is 5.89. The van der Waals surface area contributed by atoms with Crippen LogP contribution in [0.4, 0.5) is 0 Å². The van der Waals surface area contributed by atoms with E-state index < -0.39 is 0 Å². The van der Waals surface area contributed by atoms with Crippen LogP contribution in [0.1, 0.15) is 17.2 Å². The summed E-state index contributed by atoms with van der Waals surface area (Å²) in [7, 11) is 0. The van der Waals surface area contributed by atoms with E-state index in [0.717, 1.165) is 21.1 Å². The SMILES string of the molecule is NCC(Cc1ccc(Br)cn1)c1ccccc1Br. The average Bonchev–Trinajstić information content (AvgIpc) is 2.39. The lowest BCUT2D eigenvalue weighted by Gasteiger charge is -2.16. The average molecular weight is 370 g/mol. The quantitative estimate of drug-likeness (QED) is 0.887. The van der Waals surface area contributed by atoms with Crippen molar-refractivity contribution in [2.45, 2.75) is 12.3 Å². The van der Waals surface area contributed by atoms with Crippen LogP contribution in [0.3, 0.4) is 0 Å². The third-order valence-electron chi connectivity index (χ3n) is 2.87. The number of benzene rings is 1. The van der Waals surface area contributed by atoms with Crippen molar-refractivity contribution in [3.63, 3.8) is 0 Å². The van der Waals surface area contributed by atoms with Crippen molar-refractivity contribution < 1.29 is 0 Å². The van der Waals surface area contributed by atoms with Gasteiger partial charge in [-0.05, 0) is 52.7 Å². The number of aromatic nitrogens is 1. The molecule has 2 rings (SSSR count). The maximum absolute atomic E-state index is 5.89. The highest BCUT2D eigenvalue weighted by atomic mass is 79.9. The summed E-state index contributed by atoms with van der Waals surface area (Å²) in [4.78, 5) is 4.40. The van der Waals surface area contributed by atoms with Gasteiger partial charge in [0.1, 0.15) is 0 Å². The molecule has 0 bridgehead atoms. The van der Waals surface area contributed by atoms with Gasteiger partial charge in [-0.15, -0.1) is 0 Å². The largest absolute Gasteiger partial charge is 0.330 e. The van der Waals surface area contributed by atoms with E-state index in [2.05, 4.69) is 42.9 Å². The van der Waals surface area contributed by atoms with Crippen LogP contribution < -0.4 is 5.73 Å². The third-order valence-corrected chi connectivity index (χ3v) is 4.07. The summed E-state index contributed by atoms with van der Waals surface area (Å²) in [6, 6.07) is 12.3. The molecule has 0 spiro atoms. The Hall–Kier alpha value is -0.710. The van der Waals surface area contributed by atoms with Crippen LogP contribution in [-0.2, 0) is 6.42 Å². The van der Waals surface area contributed by atoms with Gasteiger partial charge in [0.25, 0.3) is 0 Å². The molecule has 2 nitrogen and oxygen atoms in total. The Morgan fingerprint density at radius 2 is 1.89 bits per heavy atom. The highest BCUT2D eigenvalue weighted by Gasteiger charge is 2.13. The Morgan fingerprint density at radius 3 is 2.50 bits per heavy atom. The molecule has 0 radical (unpaired) electrons. The number of hydrogen-bond donors (Lipinski definition) is 1. The molecule has 94 valence electrons. The van der Waals surface area contributed by atoms with Gasteiger partial charge in [0.05, 0.1) is 0 Å². The summed E-state index contributed by atoms with van der Waals surface area (Å²) in [5, 5.41) is 0. The van der Waals surface area contributed by atoms with Gasteiger partial charge in [-0.3, -0.25) is 4.98 Å². The Balaban J connectivity index is 2.20. The van der Waals surface area contributed by atoms with Crippen molar-refractivity contribution >= 4 is 31.9 Å². The van der Waals surface area contributed by atoms with Gasteiger partial charge in [0.2, 0.25) is 0 Å². The molecule has 18 heavy (non-hydrogen) atoms. The van der Waals surface area contributed by atoms with Crippen LogP contribution in [0.15, 0.2) is 51.5 Å². The first kappa shape index (κ1) is 13.7. The van der Waals surface area contributed by atoms with Crippen LogP contribution in [0, 0.1) is 0 Å². The highest BCUT2D eigenvalue weighted by molar-refractivity contribution is 9.10. The Kier molecular flexibility index (Phi) is 4.92. The van der Waals surface area contributed by atoms with E-state index in [4.69, 9.17) is 5.73 Å². The molecule has 1 atom stereocenters. The molecule has 4 heteroatoms. The van der Waals surface area contributed by atoms with Crippen LogP contribution in [-0.4, -0.2) is 11.5 Å². The lowest BCUT2D eigenvalue weighted by molar-refractivity contribution is 0.679. The van der Waals surface area contributed by atoms with Crippen LogP contribution >= 0.6 is 31.9 Å². The van der Waals surface area contributed by atoms with Gasteiger partial charge >= 0.3 is 0 Å². The summed E-state index contributed by atoms with van der Waals surface area (Å²) in [5.41, 5.74) is 8.19. The van der Waals surface area contributed by atoms with Crippen molar-refractivity contribution in [3.05, 3.63) is 62.8 Å². The molecule has 1 aromatic carbocycles. The molecule has 1 aromatic heterocycles. The smallest absolute Gasteiger partial charge is 0.0413 e. The van der Waals surface area contributed by atoms with Crippen LogP contribution in [0.2, 0.25) is 0 Å². The molecular weight excluding hydrogens is 356 g/mol. The molecule has 1 heterocycles. The van der Waals surface area contributed by atoms with Crippen molar-refractivity contribution in [1.82, 2.24) is 4.98 Å². The molecule has 0 aliphatic carbocycles. The predicted molar refractivity (Wildman–Crippen MR) is 81.6 cm³/mol. The van der Waals surface area contributed by atoms with Gasteiger partial charge in [-0.2, -0.15) is 0 Å². The van der Waals surface area contributed by atoms with E-state index in [1.165, 1.54) is 5.56 Å². The molecule has 0 saturated heterocycles. The van der Waals surface area contributed by atoms with E-state index in [0.29, 0.717) is 6.54 Å². The first-order chi connectivity index (χ1) is 8.70. The first-order valence-corrected chi connectivity index (χ1v) is 7.34. The molecule has 0 fully saturated rings. The second kappa shape index (κ2) is 6.45. The topological polar surface area (TPSA) is 38.9 Å². The van der Waals surface area contributed by atoms with Crippen molar-refractivity contribution in [2.75, 3.05) is 6.54 Å². The molecule has 0 aliphatic heterocycles. The predicted octanol–water partition coefficient (Wildman–Crippen LogP) is 3.89. The van der Waals surface area contributed by atoms with E-state index >= 15 is 0 Å². The molecule has 0 aliphatic rings. The second-order valence-electron chi connectivity index (χ2n) is 4.13. The van der Waals surface area contributed by atoms with Crippen molar-refractivity contribution in [2.24, 2.45) is 5.73 Å². The number of halogens is 2. The monoisotopic (exact) mass is 368 g/mol. The number of nitrogens with two attached hydrogens (primary N) is 1. The van der Waals surface area contributed by atoms with E-state index in [1.54, 1.807) is 0 Å². The Labute approximate surface area is 124 Å². The summed E-state index contributed by atoms with van der Waals surface area (Å²) >= 11 is 6.97. The van der Waals surface area contributed by atoms with Gasteiger partial charge < -0.3 is 5.73 Å². The van der Waals surface area contributed by atoms with Crippen LogP contribution in [0.5, 0.6) is 0 Å². The number of rotatable bonds is 4. The fourth-order valence-electron chi connectivity index (χ4n) is 1.91. The zero-order valence-electron chi connectivity index (χ0n) is 9.81. The van der Waals surface area contributed by atoms with E-state index in [-0.39, 0.29) is 5.92 Å². The molecule has 1 unspecified atom stereocenters. The minimum absolute atomic E-state index is 0.286. The Bertz CT molecular complexity index is 511. The minimum Gasteiger partial charge on any atom is -0.330 e. The van der Waals surface area contributed by atoms with Gasteiger partial charge in [-0.1, -0.05) is 34.1 Å². The molecule has 2 aromatic rings. The van der Waals surface area contributed by atoms with Crippen LogP contribution in [0.25, 0.3) is 0 Å². The summed E-state index contributed by atoms with van der Waals surface area (Å²) in [6.45, 7) is 0.611. The first-order valence-electron chi connectivity index (χ1n) is 5.75. The lowest BCUT2D eigenvalue weighted by atomic mass is 9.94. The van der Waals surface area contributed by atoms with Gasteiger partial charge in [0, 0.05) is 26.8 Å². The number of hydrogen-bond acceptors (Lipinski definition) is 2. The molecule has 2 N–H and O–H groups in total. The zero-order chi connectivity index (χ0) is 13.0. The fourth-order valence-corrected chi connectivity index (χ4v) is 2.75. The third kappa shape index (κ3) is 3.40.